The zero-order valence-electron chi connectivity index (χ0n) is 15.9. The van der Waals surface area contributed by atoms with Crippen molar-refractivity contribution in [3.8, 4) is 17.1 Å². The molecule has 2 N–H and O–H groups in total. The summed E-state index contributed by atoms with van der Waals surface area (Å²) < 4.78 is 46.0. The second-order valence-electron chi connectivity index (χ2n) is 6.46. The molecule has 154 valence electrons. The summed E-state index contributed by atoms with van der Waals surface area (Å²) in [6.07, 6.45) is -3.79. The molecule has 0 radical (unpaired) electrons. The predicted molar refractivity (Wildman–Crippen MR) is 97.2 cm³/mol. The van der Waals surface area contributed by atoms with E-state index in [4.69, 9.17) is 4.74 Å². The zero-order chi connectivity index (χ0) is 21.2. The standard InChI is InChI=1S/C18H19F3N6O2/c1-10(2)27-15(18(19,20)21)13(8-23-27)17(28)22-9-14-24-16(26-25-14)11-4-6-12(29-3)7-5-11/h4-8,10H,9H2,1-3H3,(H,22,28)(H,24,25,26). The Labute approximate surface area is 164 Å². The lowest BCUT2D eigenvalue weighted by atomic mass is 10.2. The second-order valence-corrected chi connectivity index (χ2v) is 6.46. The number of H-pyrrole nitrogens is 1. The normalized spacial score (nSPS) is 11.7. The van der Waals surface area contributed by atoms with Crippen LogP contribution in [-0.2, 0) is 12.7 Å². The molecule has 0 aliphatic heterocycles. The number of benzene rings is 1. The fraction of sp³-hybridized carbons (Fsp3) is 0.333. The number of rotatable bonds is 6. The first-order valence-electron chi connectivity index (χ1n) is 8.69. The SMILES string of the molecule is COc1ccc(-c2n[nH]c(CNC(=O)c3cnn(C(C)C)c3C(F)(F)F)n2)cc1. The van der Waals surface area contributed by atoms with Gasteiger partial charge < -0.3 is 10.1 Å². The number of hydrogen-bond acceptors (Lipinski definition) is 5. The highest BCUT2D eigenvalue weighted by atomic mass is 19.4. The summed E-state index contributed by atoms with van der Waals surface area (Å²) in [6, 6.07) is 6.48. The van der Waals surface area contributed by atoms with Gasteiger partial charge >= 0.3 is 6.18 Å². The van der Waals surface area contributed by atoms with E-state index in [1.807, 2.05) is 0 Å². The van der Waals surface area contributed by atoms with E-state index in [1.54, 1.807) is 45.2 Å². The van der Waals surface area contributed by atoms with E-state index in [1.165, 1.54) is 0 Å². The van der Waals surface area contributed by atoms with Crippen molar-refractivity contribution in [1.82, 2.24) is 30.3 Å². The van der Waals surface area contributed by atoms with Crippen LogP contribution >= 0.6 is 0 Å². The first-order chi connectivity index (χ1) is 13.7. The van der Waals surface area contributed by atoms with Gasteiger partial charge in [0.05, 0.1) is 25.4 Å². The Morgan fingerprint density at radius 3 is 2.55 bits per heavy atom. The molecule has 1 amide bonds. The molecule has 0 aliphatic carbocycles. The number of nitrogens with one attached hydrogen (secondary N) is 2. The molecular formula is C18H19F3N6O2. The smallest absolute Gasteiger partial charge is 0.433 e. The third-order valence-corrected chi connectivity index (χ3v) is 4.09. The van der Waals surface area contributed by atoms with Gasteiger partial charge in [0.1, 0.15) is 11.6 Å². The monoisotopic (exact) mass is 408 g/mol. The molecule has 0 atom stereocenters. The van der Waals surface area contributed by atoms with Crippen LogP contribution in [0.15, 0.2) is 30.5 Å². The fourth-order valence-electron chi connectivity index (χ4n) is 2.71. The van der Waals surface area contributed by atoms with Gasteiger partial charge in [0, 0.05) is 11.6 Å². The summed E-state index contributed by atoms with van der Waals surface area (Å²) in [6.45, 7) is 2.99. The maximum absolute atomic E-state index is 13.4. The van der Waals surface area contributed by atoms with Crippen molar-refractivity contribution < 1.29 is 22.7 Å². The summed E-state index contributed by atoms with van der Waals surface area (Å²) >= 11 is 0. The Morgan fingerprint density at radius 2 is 1.97 bits per heavy atom. The van der Waals surface area contributed by atoms with Crippen molar-refractivity contribution in [2.75, 3.05) is 7.11 Å². The van der Waals surface area contributed by atoms with Crippen LogP contribution in [0.5, 0.6) is 5.75 Å². The van der Waals surface area contributed by atoms with Gasteiger partial charge in [-0.1, -0.05) is 0 Å². The van der Waals surface area contributed by atoms with Gasteiger partial charge in [0.25, 0.3) is 5.91 Å². The number of amides is 1. The van der Waals surface area contributed by atoms with Crippen molar-refractivity contribution in [2.24, 2.45) is 0 Å². The Balaban J connectivity index is 1.72. The third kappa shape index (κ3) is 4.39. The van der Waals surface area contributed by atoms with Crippen LogP contribution in [0.4, 0.5) is 13.2 Å². The highest BCUT2D eigenvalue weighted by Gasteiger charge is 2.40. The van der Waals surface area contributed by atoms with Crippen LogP contribution in [0.25, 0.3) is 11.4 Å². The van der Waals surface area contributed by atoms with Crippen LogP contribution in [0, 0.1) is 0 Å². The number of nitrogens with zero attached hydrogens (tertiary/aromatic N) is 4. The van der Waals surface area contributed by atoms with Gasteiger partial charge in [0.2, 0.25) is 0 Å². The molecule has 0 fully saturated rings. The van der Waals surface area contributed by atoms with E-state index >= 15 is 0 Å². The van der Waals surface area contributed by atoms with Crippen molar-refractivity contribution in [3.63, 3.8) is 0 Å². The van der Waals surface area contributed by atoms with Gasteiger partial charge in [-0.05, 0) is 38.1 Å². The third-order valence-electron chi connectivity index (χ3n) is 4.09. The molecule has 8 nitrogen and oxygen atoms in total. The lowest BCUT2D eigenvalue weighted by Gasteiger charge is -2.14. The van der Waals surface area contributed by atoms with Gasteiger partial charge in [0.15, 0.2) is 11.5 Å². The molecule has 2 aromatic heterocycles. The van der Waals surface area contributed by atoms with E-state index in [-0.39, 0.29) is 6.54 Å². The largest absolute Gasteiger partial charge is 0.497 e. The minimum Gasteiger partial charge on any atom is -0.497 e. The molecule has 0 unspecified atom stereocenters. The molecule has 2 heterocycles. The number of hydrogen-bond donors (Lipinski definition) is 2. The lowest BCUT2D eigenvalue weighted by molar-refractivity contribution is -0.145. The van der Waals surface area contributed by atoms with E-state index in [2.05, 4.69) is 25.6 Å². The van der Waals surface area contributed by atoms with Crippen LogP contribution in [0.1, 0.15) is 41.8 Å². The Kier molecular flexibility index (Phi) is 5.57. The first kappa shape index (κ1) is 20.4. The Bertz CT molecular complexity index is 992. The Morgan fingerprint density at radius 1 is 1.28 bits per heavy atom. The highest BCUT2D eigenvalue weighted by molar-refractivity contribution is 5.95. The zero-order valence-corrected chi connectivity index (χ0v) is 15.9. The van der Waals surface area contributed by atoms with Crippen molar-refractivity contribution >= 4 is 5.91 Å². The van der Waals surface area contributed by atoms with Crippen LogP contribution in [0.2, 0.25) is 0 Å². The van der Waals surface area contributed by atoms with Crippen molar-refractivity contribution in [1.29, 1.82) is 0 Å². The molecular weight excluding hydrogens is 389 g/mol. The van der Waals surface area contributed by atoms with Gasteiger partial charge in [-0.25, -0.2) is 4.98 Å². The van der Waals surface area contributed by atoms with Gasteiger partial charge in [-0.2, -0.15) is 23.4 Å². The van der Waals surface area contributed by atoms with E-state index in [9.17, 15) is 18.0 Å². The molecule has 0 bridgehead atoms. The molecule has 3 aromatic rings. The van der Waals surface area contributed by atoms with E-state index in [0.717, 1.165) is 16.4 Å². The summed E-state index contributed by atoms with van der Waals surface area (Å²) in [5.41, 5.74) is -0.903. The molecule has 0 saturated carbocycles. The van der Waals surface area contributed by atoms with Gasteiger partial charge in [-0.15, -0.1) is 0 Å². The summed E-state index contributed by atoms with van der Waals surface area (Å²) in [4.78, 5) is 16.6. The topological polar surface area (TPSA) is 97.7 Å². The molecule has 3 rings (SSSR count). The average molecular weight is 408 g/mol. The molecule has 0 saturated heterocycles. The number of alkyl halides is 3. The van der Waals surface area contributed by atoms with Crippen LogP contribution in [-0.4, -0.2) is 38.0 Å². The number of aromatic amines is 1. The number of methoxy groups -OCH3 is 1. The molecule has 0 aliphatic rings. The summed E-state index contributed by atoms with van der Waals surface area (Å²) in [5, 5.41) is 12.8. The number of carbonyl (C=O) groups excluding carboxylic acids is 1. The van der Waals surface area contributed by atoms with Crippen LogP contribution in [0.3, 0.4) is 0 Å². The highest BCUT2D eigenvalue weighted by Crippen LogP contribution is 2.33. The quantitative estimate of drug-likeness (QED) is 0.653. The first-order valence-corrected chi connectivity index (χ1v) is 8.69. The number of halogens is 3. The molecule has 0 spiro atoms. The van der Waals surface area contributed by atoms with Crippen molar-refractivity contribution in [3.05, 3.63) is 47.5 Å². The Hall–Kier alpha value is -3.37. The van der Waals surface area contributed by atoms with Crippen molar-refractivity contribution in [2.45, 2.75) is 32.6 Å². The molecule has 29 heavy (non-hydrogen) atoms. The minimum absolute atomic E-state index is 0.119. The van der Waals surface area contributed by atoms with E-state index < -0.39 is 29.4 Å². The number of carbonyl (C=O) groups is 1. The van der Waals surface area contributed by atoms with Gasteiger partial charge in [-0.3, -0.25) is 14.6 Å². The second kappa shape index (κ2) is 7.94. The average Bonchev–Trinajstić information content (AvgIpc) is 3.33. The van der Waals surface area contributed by atoms with E-state index in [0.29, 0.717) is 17.4 Å². The minimum atomic E-state index is -4.71. The molecule has 11 heteroatoms. The number of ether oxygens (including phenoxy) is 1. The molecule has 1 aromatic carbocycles. The summed E-state index contributed by atoms with van der Waals surface area (Å²) in [5.74, 6) is 0.472. The maximum Gasteiger partial charge on any atom is 0.433 e. The number of aromatic nitrogens is 5. The fourth-order valence-corrected chi connectivity index (χ4v) is 2.71. The predicted octanol–water partition coefficient (Wildman–Crippen LogP) is 3.21. The summed E-state index contributed by atoms with van der Waals surface area (Å²) in [7, 11) is 1.55. The maximum atomic E-state index is 13.4. The van der Waals surface area contributed by atoms with Crippen LogP contribution < -0.4 is 10.1 Å². The lowest BCUT2D eigenvalue weighted by Crippen LogP contribution is -2.27.